The first-order valence-corrected chi connectivity index (χ1v) is 5.38. The first-order chi connectivity index (χ1) is 7.80. The zero-order valence-corrected chi connectivity index (χ0v) is 9.09. The molecule has 0 aromatic heterocycles. The molecule has 0 aliphatic heterocycles. The predicted molar refractivity (Wildman–Crippen MR) is 52.2 cm³/mol. The van der Waals surface area contributed by atoms with E-state index in [9.17, 15) is 22.8 Å². The van der Waals surface area contributed by atoms with Crippen molar-refractivity contribution in [3.8, 4) is 0 Å². The van der Waals surface area contributed by atoms with E-state index in [1.807, 2.05) is 0 Å². The number of carbonyl (C=O) groups excluding carboxylic acids is 1. The van der Waals surface area contributed by atoms with Crippen LogP contribution in [0.25, 0.3) is 0 Å². The summed E-state index contributed by atoms with van der Waals surface area (Å²) < 4.78 is 37.9. The Morgan fingerprint density at radius 2 is 1.82 bits per heavy atom. The molecule has 0 aromatic rings. The zero-order valence-electron chi connectivity index (χ0n) is 9.09. The third-order valence-corrected chi connectivity index (χ3v) is 2.84. The lowest BCUT2D eigenvalue weighted by Gasteiger charge is -2.33. The van der Waals surface area contributed by atoms with Crippen molar-refractivity contribution >= 4 is 11.9 Å². The lowest BCUT2D eigenvalue weighted by atomic mass is 9.84. The van der Waals surface area contributed by atoms with Gasteiger partial charge < -0.3 is 10.4 Å². The normalized spacial score (nSPS) is 25.4. The largest absolute Gasteiger partial charge is 0.481 e. The molecule has 2 atom stereocenters. The summed E-state index contributed by atoms with van der Waals surface area (Å²) in [7, 11) is 0. The highest BCUT2D eigenvalue weighted by atomic mass is 19.4. The van der Waals surface area contributed by atoms with Crippen LogP contribution in [0.5, 0.6) is 0 Å². The Labute approximate surface area is 96.2 Å². The molecule has 1 rings (SSSR count). The minimum Gasteiger partial charge on any atom is -0.481 e. The number of nitrogens with one attached hydrogen (secondary N) is 1. The van der Waals surface area contributed by atoms with Crippen molar-refractivity contribution in [2.45, 2.75) is 44.3 Å². The predicted octanol–water partition coefficient (Wildman–Crippen LogP) is 1.70. The molecule has 0 aromatic carbocycles. The first-order valence-electron chi connectivity index (χ1n) is 5.38. The molecule has 7 heteroatoms. The number of carboxylic acids is 1. The van der Waals surface area contributed by atoms with E-state index in [1.165, 1.54) is 0 Å². The molecule has 17 heavy (non-hydrogen) atoms. The number of hydrogen-bond donors (Lipinski definition) is 2. The molecular formula is C10H14F3NO3. The summed E-state index contributed by atoms with van der Waals surface area (Å²) in [4.78, 5) is 21.4. The molecule has 1 amide bonds. The van der Waals surface area contributed by atoms with Crippen LogP contribution in [0.2, 0.25) is 0 Å². The van der Waals surface area contributed by atoms with Crippen molar-refractivity contribution in [2.75, 3.05) is 0 Å². The average Bonchev–Trinajstić information content (AvgIpc) is 2.15. The minimum atomic E-state index is -4.35. The van der Waals surface area contributed by atoms with Crippen molar-refractivity contribution in [3.63, 3.8) is 0 Å². The molecule has 98 valence electrons. The fraction of sp³-hybridized carbons (Fsp3) is 0.800. The second kappa shape index (κ2) is 5.37. The smallest absolute Gasteiger partial charge is 0.393 e. The molecule has 4 nitrogen and oxygen atoms in total. The van der Waals surface area contributed by atoms with Gasteiger partial charge in [0.1, 0.15) is 6.42 Å². The number of alkyl halides is 3. The van der Waals surface area contributed by atoms with Crippen LogP contribution in [-0.2, 0) is 9.59 Å². The maximum absolute atomic E-state index is 12.6. The molecule has 0 radical (unpaired) electrons. The summed E-state index contributed by atoms with van der Waals surface area (Å²) in [6, 6.07) is -0.990. The molecule has 0 bridgehead atoms. The highest BCUT2D eigenvalue weighted by Gasteiger charge is 2.45. The number of rotatable bonds is 3. The van der Waals surface area contributed by atoms with Crippen molar-refractivity contribution < 1.29 is 27.9 Å². The van der Waals surface area contributed by atoms with E-state index in [2.05, 4.69) is 5.32 Å². The number of carbonyl (C=O) groups is 2. The lowest BCUT2D eigenvalue weighted by molar-refractivity contribution is -0.189. The highest BCUT2D eigenvalue weighted by Crippen LogP contribution is 2.37. The van der Waals surface area contributed by atoms with Gasteiger partial charge in [0.05, 0.1) is 5.92 Å². The summed E-state index contributed by atoms with van der Waals surface area (Å²) >= 11 is 0. The Kier molecular flexibility index (Phi) is 4.36. The molecule has 1 aliphatic rings. The van der Waals surface area contributed by atoms with E-state index in [0.29, 0.717) is 12.8 Å². The van der Waals surface area contributed by atoms with Crippen molar-refractivity contribution in [1.29, 1.82) is 0 Å². The van der Waals surface area contributed by atoms with Crippen molar-refractivity contribution in [2.24, 2.45) is 5.92 Å². The summed E-state index contributed by atoms with van der Waals surface area (Å²) in [5.74, 6) is -3.77. The van der Waals surface area contributed by atoms with Crippen LogP contribution in [0, 0.1) is 5.92 Å². The Morgan fingerprint density at radius 1 is 1.24 bits per heavy atom. The molecule has 0 saturated heterocycles. The molecular weight excluding hydrogens is 239 g/mol. The highest BCUT2D eigenvalue weighted by molar-refractivity contribution is 5.93. The topological polar surface area (TPSA) is 66.4 Å². The molecule has 0 spiro atoms. The van der Waals surface area contributed by atoms with Gasteiger partial charge >= 0.3 is 12.1 Å². The van der Waals surface area contributed by atoms with Gasteiger partial charge in [-0.2, -0.15) is 13.2 Å². The summed E-state index contributed by atoms with van der Waals surface area (Å²) in [6.45, 7) is 0. The van der Waals surface area contributed by atoms with Gasteiger partial charge in [0.15, 0.2) is 0 Å². The van der Waals surface area contributed by atoms with Gasteiger partial charge in [-0.15, -0.1) is 0 Å². The van der Waals surface area contributed by atoms with Gasteiger partial charge in [-0.05, 0) is 12.8 Å². The Hall–Kier alpha value is -1.27. The van der Waals surface area contributed by atoms with Crippen LogP contribution in [0.3, 0.4) is 0 Å². The maximum atomic E-state index is 12.6. The maximum Gasteiger partial charge on any atom is 0.393 e. The summed E-state index contributed by atoms with van der Waals surface area (Å²) in [5.41, 5.74) is 0. The van der Waals surface area contributed by atoms with Gasteiger partial charge in [0.25, 0.3) is 0 Å². The van der Waals surface area contributed by atoms with Crippen LogP contribution in [0.4, 0.5) is 13.2 Å². The van der Waals surface area contributed by atoms with Crippen molar-refractivity contribution in [1.82, 2.24) is 5.32 Å². The molecule has 1 saturated carbocycles. The van der Waals surface area contributed by atoms with E-state index in [4.69, 9.17) is 5.11 Å². The van der Waals surface area contributed by atoms with Crippen LogP contribution in [0.1, 0.15) is 32.1 Å². The van der Waals surface area contributed by atoms with Crippen LogP contribution < -0.4 is 5.32 Å². The van der Waals surface area contributed by atoms with Crippen LogP contribution in [0.15, 0.2) is 0 Å². The third-order valence-electron chi connectivity index (χ3n) is 2.84. The first kappa shape index (κ1) is 13.8. The second-order valence-corrected chi connectivity index (χ2v) is 4.18. The second-order valence-electron chi connectivity index (χ2n) is 4.18. The lowest BCUT2D eigenvalue weighted by Crippen LogP contribution is -2.48. The minimum absolute atomic E-state index is 0.0124. The van der Waals surface area contributed by atoms with Crippen molar-refractivity contribution in [3.05, 3.63) is 0 Å². The molecule has 2 N–H and O–H groups in total. The zero-order chi connectivity index (χ0) is 13.1. The van der Waals surface area contributed by atoms with Gasteiger partial charge in [-0.3, -0.25) is 9.59 Å². The Bertz CT molecular complexity index is 304. The number of halogens is 3. The molecule has 1 fully saturated rings. The SMILES string of the molecule is O=C(O)CC(=O)NC1CCCCC1C(F)(F)F. The Balaban J connectivity index is 2.60. The number of hydrogen-bond acceptors (Lipinski definition) is 2. The van der Waals surface area contributed by atoms with E-state index < -0.39 is 36.4 Å². The van der Waals surface area contributed by atoms with Crippen LogP contribution >= 0.6 is 0 Å². The summed E-state index contributed by atoms with van der Waals surface area (Å²) in [5, 5.41) is 10.5. The van der Waals surface area contributed by atoms with E-state index in [-0.39, 0.29) is 12.8 Å². The van der Waals surface area contributed by atoms with Gasteiger partial charge in [0, 0.05) is 6.04 Å². The van der Waals surface area contributed by atoms with E-state index >= 15 is 0 Å². The fourth-order valence-electron chi connectivity index (χ4n) is 2.09. The molecule has 0 heterocycles. The molecule has 1 aliphatic carbocycles. The number of aliphatic carboxylic acids is 1. The third kappa shape index (κ3) is 4.24. The van der Waals surface area contributed by atoms with Gasteiger partial charge in [0.2, 0.25) is 5.91 Å². The van der Waals surface area contributed by atoms with E-state index in [1.54, 1.807) is 0 Å². The van der Waals surface area contributed by atoms with Gasteiger partial charge in [-0.25, -0.2) is 0 Å². The number of carboxylic acid groups (broad SMARTS) is 1. The quantitative estimate of drug-likeness (QED) is 0.752. The van der Waals surface area contributed by atoms with E-state index in [0.717, 1.165) is 0 Å². The fourth-order valence-corrected chi connectivity index (χ4v) is 2.09. The standard InChI is InChI=1S/C10H14F3NO3/c11-10(12,13)6-3-1-2-4-7(6)14-8(15)5-9(16)17/h6-7H,1-5H2,(H,14,15)(H,16,17). The Morgan fingerprint density at radius 3 is 2.35 bits per heavy atom. The summed E-state index contributed by atoms with van der Waals surface area (Å²) in [6.07, 6.45) is -3.81. The van der Waals surface area contributed by atoms with Gasteiger partial charge in [-0.1, -0.05) is 12.8 Å². The molecule has 2 unspecified atom stereocenters. The number of amides is 1. The monoisotopic (exact) mass is 253 g/mol. The average molecular weight is 253 g/mol. The van der Waals surface area contributed by atoms with Crippen LogP contribution in [-0.4, -0.2) is 29.2 Å².